The SMILES string of the molecule is C.C.O=C1CCc2cc(/C=C/C(=O)N3C[C@@H]4CC(c5ccsc5)=C[C@@H]4C3)cnc2N1. The number of fused-ring (bicyclic) bond motifs is 2. The summed E-state index contributed by atoms with van der Waals surface area (Å²) in [5.74, 6) is 1.73. The maximum absolute atomic E-state index is 12.6. The highest BCUT2D eigenvalue weighted by Gasteiger charge is 2.37. The highest BCUT2D eigenvalue weighted by Crippen LogP contribution is 2.41. The Hall–Kier alpha value is -2.73. The van der Waals surface area contributed by atoms with E-state index in [0.29, 0.717) is 30.5 Å². The Bertz CT molecular complexity index is 994. The second-order valence-electron chi connectivity index (χ2n) is 7.73. The minimum atomic E-state index is 0. The van der Waals surface area contributed by atoms with Crippen LogP contribution < -0.4 is 5.32 Å². The molecule has 0 aromatic carbocycles. The van der Waals surface area contributed by atoms with Crippen molar-refractivity contribution < 1.29 is 9.59 Å². The molecule has 2 amide bonds. The molecule has 2 aromatic heterocycles. The Labute approximate surface area is 182 Å². The highest BCUT2D eigenvalue weighted by molar-refractivity contribution is 7.08. The number of likely N-dealkylation sites (tertiary alicyclic amines) is 1. The Balaban J connectivity index is 0.00000128. The summed E-state index contributed by atoms with van der Waals surface area (Å²) in [4.78, 5) is 30.3. The topological polar surface area (TPSA) is 62.3 Å². The van der Waals surface area contributed by atoms with Gasteiger partial charge in [-0.2, -0.15) is 11.3 Å². The van der Waals surface area contributed by atoms with Crippen molar-refractivity contribution >= 4 is 40.6 Å². The lowest BCUT2D eigenvalue weighted by molar-refractivity contribution is -0.125. The van der Waals surface area contributed by atoms with Gasteiger partial charge in [0.15, 0.2) is 0 Å². The molecular weight excluding hydrogens is 394 g/mol. The predicted octanol–water partition coefficient (Wildman–Crippen LogP) is 4.88. The third kappa shape index (κ3) is 4.24. The lowest BCUT2D eigenvalue weighted by Crippen LogP contribution is -2.27. The number of pyridine rings is 1. The number of rotatable bonds is 3. The van der Waals surface area contributed by atoms with Gasteiger partial charge < -0.3 is 10.2 Å². The number of amides is 2. The molecule has 0 saturated carbocycles. The van der Waals surface area contributed by atoms with Gasteiger partial charge in [-0.15, -0.1) is 0 Å². The fourth-order valence-electron chi connectivity index (χ4n) is 4.39. The zero-order valence-electron chi connectivity index (χ0n) is 15.4. The van der Waals surface area contributed by atoms with Crippen molar-refractivity contribution in [3.05, 3.63) is 57.9 Å². The normalized spacial score (nSPS) is 21.9. The number of hydrogen-bond acceptors (Lipinski definition) is 4. The maximum Gasteiger partial charge on any atom is 0.246 e. The number of nitrogens with zero attached hydrogens (tertiary/aromatic N) is 2. The quantitative estimate of drug-likeness (QED) is 0.716. The van der Waals surface area contributed by atoms with Crippen molar-refractivity contribution in [3.8, 4) is 0 Å². The van der Waals surface area contributed by atoms with Crippen LogP contribution in [0.1, 0.15) is 44.4 Å². The molecule has 0 bridgehead atoms. The molecular formula is C24H29N3O2S. The van der Waals surface area contributed by atoms with Crippen LogP contribution in [-0.4, -0.2) is 34.8 Å². The van der Waals surface area contributed by atoms with E-state index in [2.05, 4.69) is 33.2 Å². The van der Waals surface area contributed by atoms with Crippen LogP contribution in [0.5, 0.6) is 0 Å². The molecule has 5 nitrogen and oxygen atoms in total. The second kappa shape index (κ2) is 8.96. The van der Waals surface area contributed by atoms with Crippen LogP contribution in [0.15, 0.2) is 41.2 Å². The summed E-state index contributed by atoms with van der Waals surface area (Å²) in [6.07, 6.45) is 9.78. The van der Waals surface area contributed by atoms with E-state index in [9.17, 15) is 9.59 Å². The average molecular weight is 424 g/mol. The zero-order valence-corrected chi connectivity index (χ0v) is 16.2. The van der Waals surface area contributed by atoms with E-state index < -0.39 is 0 Å². The molecule has 2 atom stereocenters. The number of aryl methyl sites for hydroxylation is 1. The average Bonchev–Trinajstić information content (AvgIpc) is 3.41. The van der Waals surface area contributed by atoms with E-state index in [1.807, 2.05) is 17.0 Å². The molecule has 0 spiro atoms. The Morgan fingerprint density at radius 3 is 2.90 bits per heavy atom. The van der Waals surface area contributed by atoms with Gasteiger partial charge >= 0.3 is 0 Å². The first-order valence-electron chi connectivity index (χ1n) is 9.65. The van der Waals surface area contributed by atoms with E-state index in [4.69, 9.17) is 0 Å². The molecule has 6 heteroatoms. The smallest absolute Gasteiger partial charge is 0.246 e. The summed E-state index contributed by atoms with van der Waals surface area (Å²) in [6.45, 7) is 1.63. The molecule has 30 heavy (non-hydrogen) atoms. The van der Waals surface area contributed by atoms with Crippen LogP contribution in [-0.2, 0) is 16.0 Å². The van der Waals surface area contributed by atoms with Crippen LogP contribution in [0.3, 0.4) is 0 Å². The van der Waals surface area contributed by atoms with Gasteiger partial charge in [-0.05, 0) is 75.9 Å². The van der Waals surface area contributed by atoms with Crippen molar-refractivity contribution in [2.24, 2.45) is 11.8 Å². The number of hydrogen-bond donors (Lipinski definition) is 1. The van der Waals surface area contributed by atoms with Crippen molar-refractivity contribution in [2.75, 3.05) is 18.4 Å². The first-order chi connectivity index (χ1) is 13.7. The lowest BCUT2D eigenvalue weighted by Gasteiger charge is -2.16. The van der Waals surface area contributed by atoms with Gasteiger partial charge in [-0.3, -0.25) is 9.59 Å². The van der Waals surface area contributed by atoms with E-state index >= 15 is 0 Å². The first-order valence-corrected chi connectivity index (χ1v) is 10.6. The lowest BCUT2D eigenvalue weighted by atomic mass is 9.99. The van der Waals surface area contributed by atoms with E-state index in [1.165, 1.54) is 11.1 Å². The number of nitrogens with one attached hydrogen (secondary N) is 1. The van der Waals surface area contributed by atoms with Gasteiger partial charge in [-0.25, -0.2) is 4.98 Å². The molecule has 158 valence electrons. The first kappa shape index (κ1) is 22.0. The molecule has 3 aliphatic rings. The summed E-state index contributed by atoms with van der Waals surface area (Å²) >= 11 is 1.73. The third-order valence-electron chi connectivity index (χ3n) is 5.88. The monoisotopic (exact) mass is 423 g/mol. The Morgan fingerprint density at radius 1 is 1.27 bits per heavy atom. The molecule has 2 aliphatic heterocycles. The minimum Gasteiger partial charge on any atom is -0.338 e. The number of aromatic nitrogens is 1. The van der Waals surface area contributed by atoms with Gasteiger partial charge in [-0.1, -0.05) is 20.9 Å². The van der Waals surface area contributed by atoms with Gasteiger partial charge in [0.2, 0.25) is 11.8 Å². The molecule has 2 aromatic rings. The molecule has 5 rings (SSSR count). The van der Waals surface area contributed by atoms with Crippen LogP contribution in [0.25, 0.3) is 11.6 Å². The summed E-state index contributed by atoms with van der Waals surface area (Å²) < 4.78 is 0. The van der Waals surface area contributed by atoms with Crippen molar-refractivity contribution in [3.63, 3.8) is 0 Å². The molecule has 1 N–H and O–H groups in total. The Kier molecular flexibility index (Phi) is 6.56. The minimum absolute atomic E-state index is 0. The van der Waals surface area contributed by atoms with Crippen molar-refractivity contribution in [2.45, 2.75) is 34.1 Å². The molecule has 1 saturated heterocycles. The zero-order chi connectivity index (χ0) is 19.1. The van der Waals surface area contributed by atoms with E-state index in [1.54, 1.807) is 23.6 Å². The summed E-state index contributed by atoms with van der Waals surface area (Å²) in [7, 11) is 0. The van der Waals surface area contributed by atoms with Crippen molar-refractivity contribution in [1.29, 1.82) is 0 Å². The fourth-order valence-corrected chi connectivity index (χ4v) is 5.07. The van der Waals surface area contributed by atoms with E-state index in [-0.39, 0.29) is 26.7 Å². The number of anilines is 1. The van der Waals surface area contributed by atoms with Crippen molar-refractivity contribution in [1.82, 2.24) is 9.88 Å². The summed E-state index contributed by atoms with van der Waals surface area (Å²) in [5.41, 5.74) is 4.69. The number of carbonyl (C=O) groups is 2. The number of carbonyl (C=O) groups excluding carboxylic acids is 2. The number of thiophene rings is 1. The van der Waals surface area contributed by atoms with Gasteiger partial charge in [0, 0.05) is 31.8 Å². The Morgan fingerprint density at radius 2 is 2.13 bits per heavy atom. The molecule has 0 unspecified atom stereocenters. The van der Waals surface area contributed by atoms with Crippen LogP contribution in [0.4, 0.5) is 5.82 Å². The van der Waals surface area contributed by atoms with E-state index in [0.717, 1.165) is 30.6 Å². The number of allylic oxidation sites excluding steroid dienone is 1. The standard InChI is InChI=1S/C22H21N3O2S.2CH4/c26-20-3-2-15-7-14(10-23-22(15)24-20)1-4-21(27)25-11-18-8-17(9-19(18)12-25)16-5-6-28-13-16;;/h1,4-8,10,13,18-19H,2-3,9,11-12H2,(H,23,24,26);2*1H4/b4-1+;;/t18-,19+;;/m1../s1. The second-order valence-corrected chi connectivity index (χ2v) is 8.51. The summed E-state index contributed by atoms with van der Waals surface area (Å²) in [5, 5.41) is 7.10. The van der Waals surface area contributed by atoms with Crippen LogP contribution >= 0.6 is 11.3 Å². The highest BCUT2D eigenvalue weighted by atomic mass is 32.1. The summed E-state index contributed by atoms with van der Waals surface area (Å²) in [6, 6.07) is 4.18. The van der Waals surface area contributed by atoms with Gasteiger partial charge in [0.05, 0.1) is 0 Å². The third-order valence-corrected chi connectivity index (χ3v) is 6.56. The molecule has 4 heterocycles. The fraction of sp³-hybridized carbons (Fsp3) is 0.375. The van der Waals surface area contributed by atoms with Crippen LogP contribution in [0, 0.1) is 11.8 Å². The van der Waals surface area contributed by atoms with Gasteiger partial charge in [0.1, 0.15) is 5.82 Å². The van der Waals surface area contributed by atoms with Crippen LogP contribution in [0.2, 0.25) is 0 Å². The maximum atomic E-state index is 12.6. The molecule has 1 fully saturated rings. The largest absolute Gasteiger partial charge is 0.338 e. The van der Waals surface area contributed by atoms with Gasteiger partial charge in [0.25, 0.3) is 0 Å². The predicted molar refractivity (Wildman–Crippen MR) is 124 cm³/mol. The molecule has 1 aliphatic carbocycles. The molecule has 0 radical (unpaired) electrons.